The zero-order valence-electron chi connectivity index (χ0n) is 14.5. The summed E-state index contributed by atoms with van der Waals surface area (Å²) in [6, 6.07) is 5.25. The van der Waals surface area contributed by atoms with Crippen LogP contribution in [0.2, 0.25) is 0 Å². The van der Waals surface area contributed by atoms with Crippen molar-refractivity contribution < 1.29 is 13.6 Å². The van der Waals surface area contributed by atoms with Gasteiger partial charge in [-0.25, -0.2) is 13.8 Å². The molecule has 6 nitrogen and oxygen atoms in total. The highest BCUT2D eigenvalue weighted by molar-refractivity contribution is 6.02. The Morgan fingerprint density at radius 1 is 1.46 bits per heavy atom. The second-order valence-corrected chi connectivity index (χ2v) is 7.15. The number of amidine groups is 1. The van der Waals surface area contributed by atoms with Crippen LogP contribution in [0.15, 0.2) is 35.6 Å². The molecule has 1 spiro atoms. The van der Waals surface area contributed by atoms with Crippen molar-refractivity contribution in [1.82, 2.24) is 9.55 Å². The number of nitrogens with zero attached hydrogens (tertiary/aromatic N) is 3. The third-order valence-electron chi connectivity index (χ3n) is 5.25. The minimum absolute atomic E-state index is 0.181. The van der Waals surface area contributed by atoms with E-state index in [1.165, 1.54) is 13.1 Å². The molecule has 1 amide bonds. The maximum atomic E-state index is 14.8. The standard InChI is InChI=1S/C18H19F2N5O/c1-17(20)9-13(19)18(24-16(17)21)8-10-3-4-11(7-12(10)18)23-15(26)14-22-5-6-25(14)2/h3-7,13H,8-9H2,1-2H3,(H2,21,24)(H,23,26)/t13-,17+,18+/m0/s1. The lowest BCUT2D eigenvalue weighted by atomic mass is 9.65. The topological polar surface area (TPSA) is 85.3 Å². The van der Waals surface area contributed by atoms with Gasteiger partial charge in [0.25, 0.3) is 5.91 Å². The van der Waals surface area contributed by atoms with E-state index in [1.54, 1.807) is 29.9 Å². The molecule has 4 rings (SSSR count). The van der Waals surface area contributed by atoms with Gasteiger partial charge in [0.2, 0.25) is 0 Å². The third kappa shape index (κ3) is 2.32. The summed E-state index contributed by atoms with van der Waals surface area (Å²) in [5.74, 6) is -0.288. The monoisotopic (exact) mass is 359 g/mol. The summed E-state index contributed by atoms with van der Waals surface area (Å²) in [5.41, 5.74) is 4.71. The van der Waals surface area contributed by atoms with Crippen LogP contribution in [0, 0.1) is 0 Å². The third-order valence-corrected chi connectivity index (χ3v) is 5.25. The highest BCUT2D eigenvalue weighted by Gasteiger charge is 2.56. The van der Waals surface area contributed by atoms with Crippen LogP contribution in [-0.2, 0) is 19.0 Å². The van der Waals surface area contributed by atoms with Gasteiger partial charge < -0.3 is 15.6 Å². The molecule has 1 aliphatic carbocycles. The lowest BCUT2D eigenvalue weighted by Gasteiger charge is -2.47. The first-order valence-corrected chi connectivity index (χ1v) is 8.34. The number of rotatable bonds is 2. The molecule has 1 aliphatic heterocycles. The number of alkyl halides is 2. The van der Waals surface area contributed by atoms with E-state index in [4.69, 9.17) is 5.73 Å². The van der Waals surface area contributed by atoms with E-state index in [0.717, 1.165) is 5.56 Å². The molecule has 1 aromatic carbocycles. The van der Waals surface area contributed by atoms with Crippen molar-refractivity contribution in [3.63, 3.8) is 0 Å². The quantitative estimate of drug-likeness (QED) is 0.862. The van der Waals surface area contributed by atoms with Gasteiger partial charge in [-0.3, -0.25) is 9.79 Å². The van der Waals surface area contributed by atoms with Crippen LogP contribution in [0.25, 0.3) is 0 Å². The summed E-state index contributed by atoms with van der Waals surface area (Å²) in [6.07, 6.45) is 1.77. The minimum atomic E-state index is -1.94. The molecule has 0 unspecified atom stereocenters. The van der Waals surface area contributed by atoms with Crippen LogP contribution >= 0.6 is 0 Å². The second-order valence-electron chi connectivity index (χ2n) is 7.15. The molecule has 0 bridgehead atoms. The Morgan fingerprint density at radius 3 is 2.92 bits per heavy atom. The smallest absolute Gasteiger partial charge is 0.291 e. The van der Waals surface area contributed by atoms with Crippen LogP contribution in [0.5, 0.6) is 0 Å². The Labute approximate surface area is 149 Å². The highest BCUT2D eigenvalue weighted by Crippen LogP contribution is 2.51. The average Bonchev–Trinajstić information content (AvgIpc) is 2.98. The van der Waals surface area contributed by atoms with Crippen molar-refractivity contribution in [3.8, 4) is 0 Å². The van der Waals surface area contributed by atoms with Gasteiger partial charge in [-0.15, -0.1) is 0 Å². The van der Waals surface area contributed by atoms with Gasteiger partial charge >= 0.3 is 0 Å². The van der Waals surface area contributed by atoms with Gasteiger partial charge in [0.1, 0.15) is 17.5 Å². The van der Waals surface area contributed by atoms with E-state index in [0.29, 0.717) is 17.7 Å². The predicted molar refractivity (Wildman–Crippen MR) is 93.6 cm³/mol. The number of carbonyl (C=O) groups is 1. The van der Waals surface area contributed by atoms with Gasteiger partial charge in [0.15, 0.2) is 11.5 Å². The summed E-state index contributed by atoms with van der Waals surface area (Å²) in [7, 11) is 1.72. The first-order chi connectivity index (χ1) is 12.2. The number of aliphatic imine (C=N–C) groups is 1. The Balaban J connectivity index is 1.65. The lowest BCUT2D eigenvalue weighted by molar-refractivity contribution is 0.0866. The zero-order chi connectivity index (χ0) is 18.7. The number of amides is 1. The first kappa shape index (κ1) is 16.7. The van der Waals surface area contributed by atoms with E-state index in [-0.39, 0.29) is 24.0 Å². The zero-order valence-corrected chi connectivity index (χ0v) is 14.5. The van der Waals surface area contributed by atoms with Crippen LogP contribution in [0.3, 0.4) is 0 Å². The number of anilines is 1. The fraction of sp³-hybridized carbons (Fsp3) is 0.389. The molecule has 0 fully saturated rings. The number of carbonyl (C=O) groups excluding carboxylic acids is 1. The van der Waals surface area contributed by atoms with Gasteiger partial charge in [-0.1, -0.05) is 6.07 Å². The summed E-state index contributed by atoms with van der Waals surface area (Å²) < 4.78 is 30.7. The van der Waals surface area contributed by atoms with Crippen molar-refractivity contribution in [2.24, 2.45) is 17.8 Å². The molecule has 3 atom stereocenters. The largest absolute Gasteiger partial charge is 0.385 e. The molecule has 136 valence electrons. The fourth-order valence-corrected chi connectivity index (χ4v) is 3.65. The van der Waals surface area contributed by atoms with Crippen molar-refractivity contribution in [2.45, 2.75) is 37.1 Å². The van der Waals surface area contributed by atoms with Crippen molar-refractivity contribution in [3.05, 3.63) is 47.5 Å². The van der Waals surface area contributed by atoms with E-state index < -0.39 is 17.4 Å². The van der Waals surface area contributed by atoms with Crippen molar-refractivity contribution in [2.75, 3.05) is 5.32 Å². The SMILES string of the molecule is Cn1ccnc1C(=O)Nc1ccc2c(c1)[C@@]1(C2)N=C(N)[C@](C)(F)C[C@@H]1F. The molecule has 0 saturated carbocycles. The predicted octanol–water partition coefficient (Wildman–Crippen LogP) is 2.25. The molecular weight excluding hydrogens is 340 g/mol. The molecule has 3 N–H and O–H groups in total. The molecule has 2 aliphatic rings. The average molecular weight is 359 g/mol. The van der Waals surface area contributed by atoms with Gasteiger partial charge in [0, 0.05) is 38.0 Å². The van der Waals surface area contributed by atoms with E-state index >= 15 is 0 Å². The van der Waals surface area contributed by atoms with Crippen LogP contribution in [0.1, 0.15) is 35.1 Å². The van der Waals surface area contributed by atoms with E-state index in [2.05, 4.69) is 15.3 Å². The summed E-state index contributed by atoms with van der Waals surface area (Å²) in [6.45, 7) is 1.24. The minimum Gasteiger partial charge on any atom is -0.385 e. The molecular formula is C18H19F2N5O. The summed E-state index contributed by atoms with van der Waals surface area (Å²) in [5, 5.41) is 2.75. The van der Waals surface area contributed by atoms with Crippen molar-refractivity contribution >= 4 is 17.4 Å². The number of imidazole rings is 1. The second kappa shape index (κ2) is 5.36. The molecule has 26 heavy (non-hydrogen) atoms. The van der Waals surface area contributed by atoms with Gasteiger partial charge in [0.05, 0.1) is 0 Å². The Hall–Kier alpha value is -2.77. The van der Waals surface area contributed by atoms with E-state index in [9.17, 15) is 13.6 Å². The molecule has 2 heterocycles. The number of halogens is 2. The van der Waals surface area contributed by atoms with Crippen LogP contribution in [-0.4, -0.2) is 33.1 Å². The molecule has 1 aromatic heterocycles. The normalized spacial score (nSPS) is 29.7. The molecule has 0 radical (unpaired) electrons. The fourth-order valence-electron chi connectivity index (χ4n) is 3.65. The number of aryl methyl sites for hydroxylation is 1. The van der Waals surface area contributed by atoms with Gasteiger partial charge in [-0.2, -0.15) is 0 Å². The molecule has 8 heteroatoms. The molecule has 2 aromatic rings. The van der Waals surface area contributed by atoms with Gasteiger partial charge in [-0.05, 0) is 30.2 Å². The van der Waals surface area contributed by atoms with Crippen LogP contribution < -0.4 is 11.1 Å². The number of hydrogen-bond acceptors (Lipinski definition) is 4. The van der Waals surface area contributed by atoms with Crippen molar-refractivity contribution in [1.29, 1.82) is 0 Å². The maximum Gasteiger partial charge on any atom is 0.291 e. The summed E-state index contributed by atoms with van der Waals surface area (Å²) >= 11 is 0. The lowest BCUT2D eigenvalue weighted by Crippen LogP contribution is -2.56. The first-order valence-electron chi connectivity index (χ1n) is 8.34. The number of nitrogens with one attached hydrogen (secondary N) is 1. The number of aromatic nitrogens is 2. The van der Waals surface area contributed by atoms with Crippen LogP contribution in [0.4, 0.5) is 14.5 Å². The number of hydrogen-bond donors (Lipinski definition) is 2. The molecule has 0 saturated heterocycles. The Bertz CT molecular complexity index is 935. The highest BCUT2D eigenvalue weighted by atomic mass is 19.2. The van der Waals surface area contributed by atoms with E-state index in [1.807, 2.05) is 6.07 Å². The number of fused-ring (bicyclic) bond motifs is 2. The maximum absolute atomic E-state index is 14.8. The summed E-state index contributed by atoms with van der Waals surface area (Å²) in [4.78, 5) is 20.5. The number of benzene rings is 1. The Morgan fingerprint density at radius 2 is 2.23 bits per heavy atom. The number of nitrogens with two attached hydrogens (primary N) is 1. The Kier molecular flexibility index (Phi) is 3.44.